The Morgan fingerprint density at radius 2 is 1.85 bits per heavy atom. The van der Waals surface area contributed by atoms with Crippen LogP contribution in [-0.4, -0.2) is 37.0 Å². The zero-order valence-electron chi connectivity index (χ0n) is 27.3. The van der Waals surface area contributed by atoms with Gasteiger partial charge in [0, 0.05) is 34.2 Å². The molecule has 1 aliphatic rings. The second kappa shape index (κ2) is 14.6. The average molecular weight is 686 g/mol. The molecule has 1 fully saturated rings. The number of ether oxygens (including phenoxy) is 1. The molecular weight excluding hydrogens is 645 g/mol. The minimum Gasteiger partial charge on any atom is -0.495 e. The number of nitrogens with one attached hydrogen (secondary N) is 3. The van der Waals surface area contributed by atoms with Gasteiger partial charge in [0.25, 0.3) is 5.91 Å². The van der Waals surface area contributed by atoms with Crippen molar-refractivity contribution in [3.63, 3.8) is 0 Å². The molecule has 250 valence electrons. The largest absolute Gasteiger partial charge is 0.495 e. The number of rotatable bonds is 10. The van der Waals surface area contributed by atoms with Crippen LogP contribution in [0.2, 0.25) is 10.0 Å². The molecule has 0 spiro atoms. The lowest BCUT2D eigenvalue weighted by molar-refractivity contribution is -0.118. The number of halogens is 4. The Balaban J connectivity index is 1.84. The molecule has 1 unspecified atom stereocenters. The van der Waals surface area contributed by atoms with Crippen LogP contribution in [0.3, 0.4) is 0 Å². The van der Waals surface area contributed by atoms with Crippen molar-refractivity contribution in [1.29, 1.82) is 5.26 Å². The van der Waals surface area contributed by atoms with E-state index in [0.29, 0.717) is 12.0 Å². The summed E-state index contributed by atoms with van der Waals surface area (Å²) in [6.07, 6.45) is 2.06. The minimum absolute atomic E-state index is 0.0161. The van der Waals surface area contributed by atoms with Crippen LogP contribution in [0.4, 0.5) is 14.5 Å². The van der Waals surface area contributed by atoms with Crippen molar-refractivity contribution >= 4 is 40.7 Å². The number of nitriles is 1. The van der Waals surface area contributed by atoms with Crippen molar-refractivity contribution in [3.05, 3.63) is 93.0 Å². The van der Waals surface area contributed by atoms with Crippen LogP contribution in [0.25, 0.3) is 0 Å². The van der Waals surface area contributed by atoms with Crippen molar-refractivity contribution in [2.24, 2.45) is 5.41 Å². The highest BCUT2D eigenvalue weighted by Gasteiger charge is 2.61. The van der Waals surface area contributed by atoms with Gasteiger partial charge in [0.15, 0.2) is 0 Å². The standard InChI is InChI=1S/C36H40Cl2F2N4O3/c1-7-9-20(2)42-33(45)21-12-15-27(28(16-21)47-6)43-34(46)32-30(23-10-8-11-25(38)31(23)40)36(19-41,29(44-32)18-35(3,4)5)24-14-13-22(37)17-26(24)39/h8,10-17,20,29-30,32,44H,7,9,18H2,1-6H3,(H,42,45)(H,43,46)/t20?,29-,30-,32+,36-/m0/s1. The summed E-state index contributed by atoms with van der Waals surface area (Å²) in [5.41, 5.74) is -1.60. The van der Waals surface area contributed by atoms with Crippen molar-refractivity contribution in [3.8, 4) is 11.8 Å². The molecule has 4 rings (SSSR count). The van der Waals surface area contributed by atoms with E-state index in [9.17, 15) is 14.9 Å². The van der Waals surface area contributed by atoms with Gasteiger partial charge in [-0.15, -0.1) is 0 Å². The van der Waals surface area contributed by atoms with Gasteiger partial charge in [-0.2, -0.15) is 5.26 Å². The summed E-state index contributed by atoms with van der Waals surface area (Å²) in [5.74, 6) is -3.48. The van der Waals surface area contributed by atoms with Crippen LogP contribution in [0.15, 0.2) is 54.6 Å². The minimum atomic E-state index is -1.77. The number of benzene rings is 3. The summed E-state index contributed by atoms with van der Waals surface area (Å²) in [6, 6.07) is 13.2. The summed E-state index contributed by atoms with van der Waals surface area (Å²) >= 11 is 12.3. The van der Waals surface area contributed by atoms with Crippen molar-refractivity contribution < 1.29 is 23.1 Å². The van der Waals surface area contributed by atoms with E-state index in [1.807, 2.05) is 34.6 Å². The Morgan fingerprint density at radius 3 is 2.47 bits per heavy atom. The fourth-order valence-corrected chi connectivity index (χ4v) is 6.86. The maximum atomic E-state index is 15.9. The SMILES string of the molecule is CCCC(C)NC(=O)c1ccc(NC(=O)[C@@H]2N[C@@H](CC(C)(C)C)[C@](C#N)(c3ccc(Cl)cc3F)[C@H]2c2cccc(Cl)c2F)c(OC)c1. The van der Waals surface area contributed by atoms with Crippen molar-refractivity contribution in [2.75, 3.05) is 12.4 Å². The number of amides is 2. The van der Waals surface area contributed by atoms with Crippen LogP contribution in [0, 0.1) is 28.4 Å². The lowest BCUT2D eigenvalue weighted by Gasteiger charge is -2.37. The molecule has 0 aromatic heterocycles. The molecule has 0 radical (unpaired) electrons. The van der Waals surface area contributed by atoms with E-state index >= 15 is 8.78 Å². The van der Waals surface area contributed by atoms with E-state index in [-0.39, 0.29) is 50.0 Å². The smallest absolute Gasteiger partial charge is 0.251 e. The van der Waals surface area contributed by atoms with Gasteiger partial charge in [-0.25, -0.2) is 8.78 Å². The Morgan fingerprint density at radius 1 is 1.13 bits per heavy atom. The van der Waals surface area contributed by atoms with Gasteiger partial charge in [-0.05, 0) is 67.1 Å². The summed E-state index contributed by atoms with van der Waals surface area (Å²) in [7, 11) is 1.41. The third-order valence-corrected chi connectivity index (χ3v) is 9.08. The average Bonchev–Trinajstić information content (AvgIpc) is 3.31. The quantitative estimate of drug-likeness (QED) is 0.200. The second-order valence-electron chi connectivity index (χ2n) is 13.3. The number of carbonyl (C=O) groups excluding carboxylic acids is 2. The zero-order chi connectivity index (χ0) is 34.7. The first-order chi connectivity index (χ1) is 22.2. The molecule has 3 N–H and O–H groups in total. The van der Waals surface area contributed by atoms with E-state index in [1.165, 1.54) is 43.5 Å². The highest BCUT2D eigenvalue weighted by molar-refractivity contribution is 6.31. The molecule has 3 aromatic rings. The Bertz CT molecular complexity index is 1690. The molecule has 7 nitrogen and oxygen atoms in total. The van der Waals surface area contributed by atoms with Gasteiger partial charge < -0.3 is 20.7 Å². The highest BCUT2D eigenvalue weighted by atomic mass is 35.5. The number of anilines is 1. The second-order valence-corrected chi connectivity index (χ2v) is 14.1. The third kappa shape index (κ3) is 7.56. The van der Waals surface area contributed by atoms with Crippen LogP contribution in [0.1, 0.15) is 81.3 Å². The Labute approximate surface area is 285 Å². The van der Waals surface area contributed by atoms with Crippen molar-refractivity contribution in [2.45, 2.75) is 83.3 Å². The van der Waals surface area contributed by atoms with Gasteiger partial charge in [0.2, 0.25) is 5.91 Å². The Hall–Kier alpha value is -3.71. The third-order valence-electron chi connectivity index (χ3n) is 8.55. The predicted octanol–water partition coefficient (Wildman–Crippen LogP) is 8.16. The van der Waals surface area contributed by atoms with E-state index in [1.54, 1.807) is 12.1 Å². The Kier molecular flexibility index (Phi) is 11.2. The first-order valence-electron chi connectivity index (χ1n) is 15.5. The molecule has 0 bridgehead atoms. The van der Waals surface area contributed by atoms with Gasteiger partial charge >= 0.3 is 0 Å². The fourth-order valence-electron chi connectivity index (χ4n) is 6.52. The summed E-state index contributed by atoms with van der Waals surface area (Å²) in [5, 5.41) is 20.0. The zero-order valence-corrected chi connectivity index (χ0v) is 28.8. The molecule has 11 heteroatoms. The number of hydrogen-bond donors (Lipinski definition) is 3. The lowest BCUT2D eigenvalue weighted by atomic mass is 9.62. The highest BCUT2D eigenvalue weighted by Crippen LogP contribution is 2.53. The van der Waals surface area contributed by atoms with Gasteiger partial charge in [-0.3, -0.25) is 9.59 Å². The molecule has 2 amide bonds. The molecule has 0 saturated carbocycles. The van der Waals surface area contributed by atoms with Crippen LogP contribution >= 0.6 is 23.2 Å². The molecular formula is C36H40Cl2F2N4O3. The van der Waals surface area contributed by atoms with Gasteiger partial charge in [-0.1, -0.05) is 75.5 Å². The van der Waals surface area contributed by atoms with Crippen LogP contribution in [0.5, 0.6) is 5.75 Å². The van der Waals surface area contributed by atoms with E-state index < -0.39 is 41.0 Å². The topological polar surface area (TPSA) is 103 Å². The first kappa shape index (κ1) is 36.1. The molecule has 1 aliphatic heterocycles. The molecule has 5 atom stereocenters. The molecule has 47 heavy (non-hydrogen) atoms. The van der Waals surface area contributed by atoms with Crippen LogP contribution < -0.4 is 20.7 Å². The summed E-state index contributed by atoms with van der Waals surface area (Å²) in [6.45, 7) is 9.84. The monoisotopic (exact) mass is 684 g/mol. The van der Waals surface area contributed by atoms with E-state index in [0.717, 1.165) is 18.9 Å². The molecule has 1 saturated heterocycles. The number of nitrogens with zero attached hydrogens (tertiary/aromatic N) is 1. The maximum absolute atomic E-state index is 15.9. The maximum Gasteiger partial charge on any atom is 0.251 e. The summed E-state index contributed by atoms with van der Waals surface area (Å²) < 4.78 is 37.4. The number of methoxy groups -OCH3 is 1. The van der Waals surface area contributed by atoms with Crippen LogP contribution in [-0.2, 0) is 10.2 Å². The molecule has 0 aliphatic carbocycles. The van der Waals surface area contributed by atoms with E-state index in [4.69, 9.17) is 27.9 Å². The van der Waals surface area contributed by atoms with Gasteiger partial charge in [0.05, 0.1) is 29.9 Å². The molecule has 1 heterocycles. The lowest BCUT2D eigenvalue weighted by Crippen LogP contribution is -2.45. The number of hydrogen-bond acceptors (Lipinski definition) is 5. The van der Waals surface area contributed by atoms with E-state index in [2.05, 4.69) is 22.0 Å². The van der Waals surface area contributed by atoms with Crippen molar-refractivity contribution in [1.82, 2.24) is 10.6 Å². The fraction of sp³-hybridized carbons (Fsp3) is 0.417. The number of carbonyl (C=O) groups is 2. The van der Waals surface area contributed by atoms with Gasteiger partial charge in [0.1, 0.15) is 22.8 Å². The predicted molar refractivity (Wildman–Crippen MR) is 181 cm³/mol. The first-order valence-corrected chi connectivity index (χ1v) is 16.3. The normalized spacial score (nSPS) is 21.5. The summed E-state index contributed by atoms with van der Waals surface area (Å²) in [4.78, 5) is 27.2. The molecule has 3 aromatic carbocycles.